The molecule has 1 fully saturated rings. The van der Waals surface area contributed by atoms with Gasteiger partial charge in [-0.3, -0.25) is 4.79 Å². The summed E-state index contributed by atoms with van der Waals surface area (Å²) in [7, 11) is 1.56. The first-order valence-corrected chi connectivity index (χ1v) is 9.94. The molecule has 0 bridgehead atoms. The zero-order valence-corrected chi connectivity index (χ0v) is 16.5. The second kappa shape index (κ2) is 8.44. The van der Waals surface area contributed by atoms with Gasteiger partial charge in [0.15, 0.2) is 11.5 Å². The number of fused-ring (bicyclic) bond motifs is 1. The molecule has 2 aliphatic rings. The number of piperidine rings is 1. The van der Waals surface area contributed by atoms with Crippen LogP contribution in [0.3, 0.4) is 0 Å². The molecule has 2 aromatic rings. The summed E-state index contributed by atoms with van der Waals surface area (Å²) in [6.07, 6.45) is 2.83. The first-order valence-electron chi connectivity index (χ1n) is 9.94. The number of nitriles is 1. The highest BCUT2D eigenvalue weighted by molar-refractivity contribution is 5.94. The van der Waals surface area contributed by atoms with Gasteiger partial charge >= 0.3 is 0 Å². The smallest absolute Gasteiger partial charge is 0.253 e. The van der Waals surface area contributed by atoms with Gasteiger partial charge in [0.1, 0.15) is 5.75 Å². The first kappa shape index (κ1) is 19.1. The van der Waals surface area contributed by atoms with Crippen LogP contribution in [0.5, 0.6) is 17.2 Å². The molecule has 2 heterocycles. The minimum Gasteiger partial charge on any atom is -0.493 e. The lowest BCUT2D eigenvalue weighted by Gasteiger charge is -2.33. The Balaban J connectivity index is 1.39. The largest absolute Gasteiger partial charge is 0.493 e. The average Bonchev–Trinajstić information content (AvgIpc) is 3.25. The normalized spacial score (nSPS) is 17.8. The summed E-state index contributed by atoms with van der Waals surface area (Å²) in [6, 6.07) is 13.0. The fourth-order valence-electron chi connectivity index (χ4n) is 3.95. The number of amides is 1. The quantitative estimate of drug-likeness (QED) is 0.780. The summed E-state index contributed by atoms with van der Waals surface area (Å²) in [5.41, 5.74) is 2.37. The molecule has 1 atom stereocenters. The van der Waals surface area contributed by atoms with Crippen molar-refractivity contribution < 1.29 is 19.0 Å². The monoisotopic (exact) mass is 392 g/mol. The van der Waals surface area contributed by atoms with Crippen LogP contribution in [0.1, 0.15) is 34.3 Å². The number of likely N-dealkylation sites (tertiary alicyclic amines) is 1. The highest BCUT2D eigenvalue weighted by Crippen LogP contribution is 2.30. The molecule has 0 N–H and O–H groups in total. The standard InChI is InChI=1S/C23H24N2O4/c1-27-22-11-16(13-24)4-6-21(22)29-15-17-3-2-9-25(14-17)23(26)19-5-7-20-18(12-19)8-10-28-20/h4-7,11-12,17H,2-3,8-10,14-15H2,1H3. The molecule has 1 saturated heterocycles. The van der Waals surface area contributed by atoms with Crippen LogP contribution in [-0.4, -0.2) is 44.2 Å². The van der Waals surface area contributed by atoms with E-state index in [1.165, 1.54) is 0 Å². The number of rotatable bonds is 5. The second-order valence-corrected chi connectivity index (χ2v) is 7.47. The van der Waals surface area contributed by atoms with Gasteiger partial charge in [0.25, 0.3) is 5.91 Å². The third-order valence-corrected chi connectivity index (χ3v) is 5.51. The topological polar surface area (TPSA) is 71.8 Å². The van der Waals surface area contributed by atoms with Gasteiger partial charge in [-0.25, -0.2) is 0 Å². The maximum Gasteiger partial charge on any atom is 0.253 e. The van der Waals surface area contributed by atoms with Crippen LogP contribution in [0, 0.1) is 17.2 Å². The molecule has 6 heteroatoms. The van der Waals surface area contributed by atoms with Crippen molar-refractivity contribution in [2.24, 2.45) is 5.92 Å². The van der Waals surface area contributed by atoms with Crippen molar-refractivity contribution in [3.63, 3.8) is 0 Å². The van der Waals surface area contributed by atoms with E-state index in [4.69, 9.17) is 19.5 Å². The predicted octanol–water partition coefficient (Wildman–Crippen LogP) is 3.43. The van der Waals surface area contributed by atoms with E-state index in [0.29, 0.717) is 36.8 Å². The maximum atomic E-state index is 13.0. The van der Waals surface area contributed by atoms with E-state index in [1.807, 2.05) is 23.1 Å². The van der Waals surface area contributed by atoms with Gasteiger partial charge in [0, 0.05) is 37.1 Å². The van der Waals surface area contributed by atoms with Crippen LogP contribution in [0.2, 0.25) is 0 Å². The fraction of sp³-hybridized carbons (Fsp3) is 0.391. The molecule has 1 amide bonds. The maximum absolute atomic E-state index is 13.0. The van der Waals surface area contributed by atoms with Gasteiger partial charge in [-0.15, -0.1) is 0 Å². The van der Waals surface area contributed by atoms with Crippen LogP contribution in [0.25, 0.3) is 0 Å². The predicted molar refractivity (Wildman–Crippen MR) is 107 cm³/mol. The molecule has 0 aromatic heterocycles. The highest BCUT2D eigenvalue weighted by Gasteiger charge is 2.26. The molecule has 2 aromatic carbocycles. The van der Waals surface area contributed by atoms with E-state index in [1.54, 1.807) is 25.3 Å². The van der Waals surface area contributed by atoms with E-state index in [2.05, 4.69) is 6.07 Å². The summed E-state index contributed by atoms with van der Waals surface area (Å²) < 4.78 is 16.8. The molecule has 4 rings (SSSR count). The van der Waals surface area contributed by atoms with Crippen molar-refractivity contribution in [1.82, 2.24) is 4.90 Å². The van der Waals surface area contributed by atoms with Crippen LogP contribution < -0.4 is 14.2 Å². The van der Waals surface area contributed by atoms with E-state index in [0.717, 1.165) is 42.7 Å². The van der Waals surface area contributed by atoms with Crippen LogP contribution in [0.4, 0.5) is 0 Å². The SMILES string of the molecule is COc1cc(C#N)ccc1OCC1CCCN(C(=O)c2ccc3c(c2)CCO3)C1. The van der Waals surface area contributed by atoms with Crippen LogP contribution >= 0.6 is 0 Å². The van der Waals surface area contributed by atoms with Crippen molar-refractivity contribution in [3.05, 3.63) is 53.1 Å². The number of carbonyl (C=O) groups excluding carboxylic acids is 1. The number of nitrogens with zero attached hydrogens (tertiary/aromatic N) is 2. The van der Waals surface area contributed by atoms with Gasteiger partial charge in [-0.05, 0) is 48.7 Å². The summed E-state index contributed by atoms with van der Waals surface area (Å²) in [5, 5.41) is 9.02. The molecule has 6 nitrogen and oxygen atoms in total. The summed E-state index contributed by atoms with van der Waals surface area (Å²) in [4.78, 5) is 14.9. The fourth-order valence-corrected chi connectivity index (χ4v) is 3.95. The van der Waals surface area contributed by atoms with Crippen molar-refractivity contribution in [2.45, 2.75) is 19.3 Å². The molecule has 0 aliphatic carbocycles. The lowest BCUT2D eigenvalue weighted by molar-refractivity contribution is 0.0632. The lowest BCUT2D eigenvalue weighted by atomic mass is 9.98. The van der Waals surface area contributed by atoms with E-state index >= 15 is 0 Å². The number of hydrogen-bond acceptors (Lipinski definition) is 5. The summed E-state index contributed by atoms with van der Waals surface area (Å²) in [6.45, 7) is 2.63. The Morgan fingerprint density at radius 2 is 2.17 bits per heavy atom. The van der Waals surface area contributed by atoms with Crippen molar-refractivity contribution in [2.75, 3.05) is 33.4 Å². The highest BCUT2D eigenvalue weighted by atomic mass is 16.5. The second-order valence-electron chi connectivity index (χ2n) is 7.47. The number of methoxy groups -OCH3 is 1. The number of carbonyl (C=O) groups is 1. The molecule has 2 aliphatic heterocycles. The van der Waals surface area contributed by atoms with Gasteiger partial charge in [-0.1, -0.05) is 0 Å². The Labute approximate surface area is 170 Å². The van der Waals surface area contributed by atoms with Gasteiger partial charge in [-0.2, -0.15) is 5.26 Å². The molecule has 1 unspecified atom stereocenters. The van der Waals surface area contributed by atoms with E-state index in [9.17, 15) is 4.79 Å². The zero-order chi connectivity index (χ0) is 20.2. The van der Waals surface area contributed by atoms with Gasteiger partial charge < -0.3 is 19.1 Å². The lowest BCUT2D eigenvalue weighted by Crippen LogP contribution is -2.41. The Bertz CT molecular complexity index is 950. The summed E-state index contributed by atoms with van der Waals surface area (Å²) >= 11 is 0. The molecule has 150 valence electrons. The first-order chi connectivity index (χ1) is 14.2. The number of hydrogen-bond donors (Lipinski definition) is 0. The Morgan fingerprint density at radius 3 is 3.00 bits per heavy atom. The number of benzene rings is 2. The summed E-state index contributed by atoms with van der Waals surface area (Å²) in [5.74, 6) is 2.38. The van der Waals surface area contributed by atoms with Gasteiger partial charge in [0.05, 0.1) is 32.0 Å². The van der Waals surface area contributed by atoms with Gasteiger partial charge in [0.2, 0.25) is 0 Å². The van der Waals surface area contributed by atoms with Crippen molar-refractivity contribution in [1.29, 1.82) is 5.26 Å². The molecule has 0 saturated carbocycles. The molecule has 29 heavy (non-hydrogen) atoms. The van der Waals surface area contributed by atoms with E-state index in [-0.39, 0.29) is 11.8 Å². The molecular formula is C23H24N2O4. The Kier molecular flexibility index (Phi) is 5.57. The third kappa shape index (κ3) is 4.14. The molecule has 0 radical (unpaired) electrons. The number of ether oxygens (including phenoxy) is 3. The minimum absolute atomic E-state index is 0.0698. The minimum atomic E-state index is 0.0698. The van der Waals surface area contributed by atoms with Crippen molar-refractivity contribution >= 4 is 5.91 Å². The molecular weight excluding hydrogens is 368 g/mol. The average molecular weight is 392 g/mol. The van der Waals surface area contributed by atoms with Crippen LogP contribution in [0.15, 0.2) is 36.4 Å². The Morgan fingerprint density at radius 1 is 1.28 bits per heavy atom. The molecule has 0 spiro atoms. The Hall–Kier alpha value is -3.20. The van der Waals surface area contributed by atoms with E-state index < -0.39 is 0 Å². The third-order valence-electron chi connectivity index (χ3n) is 5.51. The van der Waals surface area contributed by atoms with Crippen LogP contribution in [-0.2, 0) is 6.42 Å². The van der Waals surface area contributed by atoms with Crippen molar-refractivity contribution in [3.8, 4) is 23.3 Å². The zero-order valence-electron chi connectivity index (χ0n) is 16.5.